The lowest BCUT2D eigenvalue weighted by atomic mass is 9.89. The van der Waals surface area contributed by atoms with Gasteiger partial charge in [0.25, 0.3) is 5.91 Å². The van der Waals surface area contributed by atoms with Crippen LogP contribution in [-0.2, 0) is 6.54 Å². The van der Waals surface area contributed by atoms with Crippen LogP contribution in [0.3, 0.4) is 0 Å². The van der Waals surface area contributed by atoms with Crippen LogP contribution in [0.15, 0.2) is 24.3 Å². The number of hydrogen-bond donors (Lipinski definition) is 1. The molecule has 1 aliphatic carbocycles. The summed E-state index contributed by atoms with van der Waals surface area (Å²) in [4.78, 5) is 17.1. The SMILES string of the molecule is NCc1ccc(C(=O)N2CCN(CC3CCCCC3)CC2)cc1. The Balaban J connectivity index is 1.48. The van der Waals surface area contributed by atoms with Gasteiger partial charge in [-0.25, -0.2) is 0 Å². The average Bonchev–Trinajstić information content (AvgIpc) is 2.63. The van der Waals surface area contributed by atoms with Crippen LogP contribution in [0.2, 0.25) is 0 Å². The summed E-state index contributed by atoms with van der Waals surface area (Å²) >= 11 is 0. The fourth-order valence-electron chi connectivity index (χ4n) is 3.83. The highest BCUT2D eigenvalue weighted by molar-refractivity contribution is 5.94. The number of carbonyl (C=O) groups is 1. The highest BCUT2D eigenvalue weighted by Crippen LogP contribution is 2.24. The van der Waals surface area contributed by atoms with E-state index in [1.54, 1.807) is 0 Å². The molecule has 2 aliphatic rings. The smallest absolute Gasteiger partial charge is 0.253 e. The molecule has 1 saturated carbocycles. The molecule has 1 aliphatic heterocycles. The first-order valence-electron chi connectivity index (χ1n) is 9.07. The number of nitrogens with zero attached hydrogens (tertiary/aromatic N) is 2. The number of hydrogen-bond acceptors (Lipinski definition) is 3. The lowest BCUT2D eigenvalue weighted by Crippen LogP contribution is -2.49. The monoisotopic (exact) mass is 315 g/mol. The number of carbonyl (C=O) groups excluding carboxylic acids is 1. The summed E-state index contributed by atoms with van der Waals surface area (Å²) in [6.45, 7) is 5.49. The van der Waals surface area contributed by atoms with Crippen molar-refractivity contribution in [2.45, 2.75) is 38.6 Å². The summed E-state index contributed by atoms with van der Waals surface area (Å²) in [6.07, 6.45) is 7.02. The molecule has 0 radical (unpaired) electrons. The van der Waals surface area contributed by atoms with Crippen LogP contribution < -0.4 is 5.73 Å². The van der Waals surface area contributed by atoms with Gasteiger partial charge in [-0.3, -0.25) is 9.69 Å². The van der Waals surface area contributed by atoms with Crippen molar-refractivity contribution in [2.75, 3.05) is 32.7 Å². The maximum atomic E-state index is 12.6. The molecule has 4 heteroatoms. The second-order valence-electron chi connectivity index (χ2n) is 7.00. The summed E-state index contributed by atoms with van der Waals surface area (Å²) < 4.78 is 0. The standard InChI is InChI=1S/C19H29N3O/c20-14-16-6-8-18(9-7-16)19(23)22-12-10-21(11-13-22)15-17-4-2-1-3-5-17/h6-9,17H,1-5,10-15,20H2. The molecular formula is C19H29N3O. The minimum absolute atomic E-state index is 0.158. The van der Waals surface area contributed by atoms with Crippen molar-refractivity contribution in [3.05, 3.63) is 35.4 Å². The van der Waals surface area contributed by atoms with E-state index in [1.165, 1.54) is 38.6 Å². The van der Waals surface area contributed by atoms with Crippen LogP contribution in [0.1, 0.15) is 48.0 Å². The highest BCUT2D eigenvalue weighted by Gasteiger charge is 2.24. The van der Waals surface area contributed by atoms with Gasteiger partial charge in [0.15, 0.2) is 0 Å². The van der Waals surface area contributed by atoms with Crippen molar-refractivity contribution in [1.82, 2.24) is 9.80 Å². The molecule has 3 rings (SSSR count). The summed E-state index contributed by atoms with van der Waals surface area (Å²) in [7, 11) is 0. The molecule has 1 aromatic rings. The molecule has 2 fully saturated rings. The van der Waals surface area contributed by atoms with E-state index < -0.39 is 0 Å². The molecule has 126 valence electrons. The van der Waals surface area contributed by atoms with Crippen molar-refractivity contribution in [3.63, 3.8) is 0 Å². The molecule has 23 heavy (non-hydrogen) atoms. The third-order valence-corrected chi connectivity index (χ3v) is 5.34. The van der Waals surface area contributed by atoms with Crippen LogP contribution in [0.25, 0.3) is 0 Å². The zero-order valence-electron chi connectivity index (χ0n) is 14.0. The summed E-state index contributed by atoms with van der Waals surface area (Å²) in [5.74, 6) is 1.04. The molecule has 0 unspecified atom stereocenters. The lowest BCUT2D eigenvalue weighted by Gasteiger charge is -2.37. The highest BCUT2D eigenvalue weighted by atomic mass is 16.2. The van der Waals surface area contributed by atoms with Gasteiger partial charge in [0, 0.05) is 44.8 Å². The van der Waals surface area contributed by atoms with E-state index in [4.69, 9.17) is 5.73 Å². The molecule has 0 spiro atoms. The Bertz CT molecular complexity index is 500. The first kappa shape index (κ1) is 16.5. The van der Waals surface area contributed by atoms with Crippen LogP contribution in [0.4, 0.5) is 0 Å². The number of amides is 1. The maximum absolute atomic E-state index is 12.6. The number of benzene rings is 1. The Labute approximate surface area is 139 Å². The van der Waals surface area contributed by atoms with Gasteiger partial charge >= 0.3 is 0 Å². The summed E-state index contributed by atoms with van der Waals surface area (Å²) in [5, 5.41) is 0. The average molecular weight is 315 g/mol. The Morgan fingerprint density at radius 1 is 1.00 bits per heavy atom. The molecule has 0 bridgehead atoms. The fourth-order valence-corrected chi connectivity index (χ4v) is 3.83. The molecule has 0 atom stereocenters. The number of rotatable bonds is 4. The topological polar surface area (TPSA) is 49.6 Å². The third-order valence-electron chi connectivity index (χ3n) is 5.34. The number of nitrogens with two attached hydrogens (primary N) is 1. The fraction of sp³-hybridized carbons (Fsp3) is 0.632. The van der Waals surface area contributed by atoms with E-state index in [9.17, 15) is 4.79 Å². The largest absolute Gasteiger partial charge is 0.336 e. The van der Waals surface area contributed by atoms with Crippen molar-refractivity contribution in [1.29, 1.82) is 0 Å². The second kappa shape index (κ2) is 7.93. The van der Waals surface area contributed by atoms with E-state index in [0.717, 1.165) is 43.2 Å². The van der Waals surface area contributed by atoms with Crippen LogP contribution in [-0.4, -0.2) is 48.4 Å². The van der Waals surface area contributed by atoms with E-state index in [-0.39, 0.29) is 5.91 Å². The van der Waals surface area contributed by atoms with Gasteiger partial charge in [0.05, 0.1) is 0 Å². The minimum Gasteiger partial charge on any atom is -0.336 e. The van der Waals surface area contributed by atoms with E-state index >= 15 is 0 Å². The zero-order chi connectivity index (χ0) is 16.1. The van der Waals surface area contributed by atoms with Crippen molar-refractivity contribution >= 4 is 5.91 Å². The molecule has 1 heterocycles. The van der Waals surface area contributed by atoms with Crippen LogP contribution in [0, 0.1) is 5.92 Å². The van der Waals surface area contributed by atoms with E-state index in [2.05, 4.69) is 4.90 Å². The molecule has 4 nitrogen and oxygen atoms in total. The van der Waals surface area contributed by atoms with E-state index in [1.807, 2.05) is 29.2 Å². The Hall–Kier alpha value is -1.39. The Morgan fingerprint density at radius 3 is 2.26 bits per heavy atom. The quantitative estimate of drug-likeness (QED) is 0.928. The normalized spacial score (nSPS) is 20.7. The van der Waals surface area contributed by atoms with Gasteiger partial charge in [-0.05, 0) is 36.5 Å². The van der Waals surface area contributed by atoms with Gasteiger partial charge in [-0.2, -0.15) is 0 Å². The minimum atomic E-state index is 0.158. The zero-order valence-corrected chi connectivity index (χ0v) is 14.0. The first-order chi connectivity index (χ1) is 11.3. The van der Waals surface area contributed by atoms with Gasteiger partial charge in [0.2, 0.25) is 0 Å². The van der Waals surface area contributed by atoms with Crippen LogP contribution >= 0.6 is 0 Å². The van der Waals surface area contributed by atoms with E-state index in [0.29, 0.717) is 6.54 Å². The molecule has 1 saturated heterocycles. The second-order valence-corrected chi connectivity index (χ2v) is 7.00. The Kier molecular flexibility index (Phi) is 5.68. The van der Waals surface area contributed by atoms with Crippen molar-refractivity contribution in [3.8, 4) is 0 Å². The molecule has 2 N–H and O–H groups in total. The predicted molar refractivity (Wildman–Crippen MR) is 93.3 cm³/mol. The maximum Gasteiger partial charge on any atom is 0.253 e. The van der Waals surface area contributed by atoms with Gasteiger partial charge in [-0.1, -0.05) is 31.4 Å². The van der Waals surface area contributed by atoms with Gasteiger partial charge < -0.3 is 10.6 Å². The summed E-state index contributed by atoms with van der Waals surface area (Å²) in [5.41, 5.74) is 7.46. The predicted octanol–water partition coefficient (Wildman–Crippen LogP) is 2.48. The van der Waals surface area contributed by atoms with Gasteiger partial charge in [0.1, 0.15) is 0 Å². The van der Waals surface area contributed by atoms with Gasteiger partial charge in [-0.15, -0.1) is 0 Å². The molecule has 1 amide bonds. The molecule has 1 aromatic carbocycles. The lowest BCUT2D eigenvalue weighted by molar-refractivity contribution is 0.0606. The third kappa shape index (κ3) is 4.33. The van der Waals surface area contributed by atoms with Crippen molar-refractivity contribution < 1.29 is 4.79 Å². The molecule has 0 aromatic heterocycles. The van der Waals surface area contributed by atoms with Crippen LogP contribution in [0.5, 0.6) is 0 Å². The Morgan fingerprint density at radius 2 is 1.65 bits per heavy atom. The van der Waals surface area contributed by atoms with Crippen molar-refractivity contribution in [2.24, 2.45) is 11.7 Å². The first-order valence-corrected chi connectivity index (χ1v) is 9.07. The summed E-state index contributed by atoms with van der Waals surface area (Å²) in [6, 6.07) is 7.71. The number of piperazine rings is 1. The molecular weight excluding hydrogens is 286 g/mol.